The van der Waals surface area contributed by atoms with Gasteiger partial charge in [0.2, 0.25) is 0 Å². The van der Waals surface area contributed by atoms with Crippen LogP contribution >= 0.6 is 0 Å². The van der Waals surface area contributed by atoms with Gasteiger partial charge in [0.1, 0.15) is 17.6 Å². The van der Waals surface area contributed by atoms with Gasteiger partial charge < -0.3 is 10.2 Å². The van der Waals surface area contributed by atoms with E-state index in [2.05, 4.69) is 25.4 Å². The third-order valence-corrected chi connectivity index (χ3v) is 5.44. The highest BCUT2D eigenvalue weighted by atomic mass is 19.4. The van der Waals surface area contributed by atoms with Crippen LogP contribution < -0.4 is 10.9 Å². The van der Waals surface area contributed by atoms with Crippen molar-refractivity contribution in [3.63, 3.8) is 0 Å². The molecule has 2 unspecified atom stereocenters. The first-order chi connectivity index (χ1) is 18.8. The van der Waals surface area contributed by atoms with E-state index in [-0.39, 0.29) is 35.6 Å². The lowest BCUT2D eigenvalue weighted by Crippen LogP contribution is -2.31. The monoisotopic (exact) mass is 573 g/mol. The summed E-state index contributed by atoms with van der Waals surface area (Å²) in [6.07, 6.45) is -5.65. The summed E-state index contributed by atoms with van der Waals surface area (Å²) >= 11 is 0. The molecule has 16 heteroatoms. The van der Waals surface area contributed by atoms with Gasteiger partial charge in [-0.15, -0.1) is 0 Å². The molecule has 0 fully saturated rings. The number of H-pyrrole nitrogens is 1. The van der Waals surface area contributed by atoms with Gasteiger partial charge in [-0.1, -0.05) is 0 Å². The molecule has 3 rings (SSSR count). The molecule has 2 aromatic heterocycles. The van der Waals surface area contributed by atoms with Gasteiger partial charge in [-0.3, -0.25) is 9.59 Å². The first kappa shape index (κ1) is 30.2. The minimum absolute atomic E-state index is 0.0355. The molecule has 214 valence electrons. The first-order valence-corrected chi connectivity index (χ1v) is 11.5. The fraction of sp³-hybridized carbons (Fsp3) is 0.333. The molecular formula is C24H22F7N7O2. The van der Waals surface area contributed by atoms with Crippen LogP contribution in [0.15, 0.2) is 40.5 Å². The van der Waals surface area contributed by atoms with Gasteiger partial charge in [0.25, 0.3) is 12.0 Å². The maximum Gasteiger partial charge on any atom is 0.423 e. The number of aldehydes is 1. The number of benzene rings is 1. The van der Waals surface area contributed by atoms with Crippen LogP contribution in [-0.4, -0.2) is 63.5 Å². The van der Waals surface area contributed by atoms with E-state index in [1.54, 1.807) is 5.10 Å². The maximum atomic E-state index is 14.7. The summed E-state index contributed by atoms with van der Waals surface area (Å²) < 4.78 is 94.3. The summed E-state index contributed by atoms with van der Waals surface area (Å²) in [5, 5.41) is 7.50. The van der Waals surface area contributed by atoms with E-state index in [4.69, 9.17) is 0 Å². The second-order valence-corrected chi connectivity index (χ2v) is 8.70. The summed E-state index contributed by atoms with van der Waals surface area (Å²) in [7, 11) is 1.44. The minimum Gasteiger partial charge on any atom is -0.381 e. The second-order valence-electron chi connectivity index (χ2n) is 8.70. The van der Waals surface area contributed by atoms with Crippen molar-refractivity contribution in [1.29, 1.82) is 0 Å². The van der Waals surface area contributed by atoms with Crippen LogP contribution in [-0.2, 0) is 6.18 Å². The molecule has 0 aliphatic carbocycles. The average molecular weight is 573 g/mol. The molecule has 2 atom stereocenters. The van der Waals surface area contributed by atoms with Crippen LogP contribution in [0.25, 0.3) is 11.4 Å². The molecular weight excluding hydrogens is 551 g/mol. The lowest BCUT2D eigenvalue weighted by molar-refractivity contribution is -0.138. The van der Waals surface area contributed by atoms with E-state index < -0.39 is 53.0 Å². The number of carbonyl (C=O) groups is 1. The molecule has 0 spiro atoms. The number of nitrogens with one attached hydrogen (secondary N) is 2. The highest BCUT2D eigenvalue weighted by Crippen LogP contribution is 2.32. The first-order valence-electron chi connectivity index (χ1n) is 11.5. The molecule has 2 N–H and O–H groups in total. The molecule has 0 bridgehead atoms. The fourth-order valence-electron chi connectivity index (χ4n) is 3.64. The number of rotatable bonds is 11. The normalized spacial score (nSPS) is 13.4. The summed E-state index contributed by atoms with van der Waals surface area (Å²) in [5.74, 6) is -1.12. The van der Waals surface area contributed by atoms with Crippen molar-refractivity contribution in [3.05, 3.63) is 63.6 Å². The van der Waals surface area contributed by atoms with Gasteiger partial charge in [0, 0.05) is 44.0 Å². The van der Waals surface area contributed by atoms with Crippen molar-refractivity contribution < 1.29 is 35.5 Å². The molecule has 1 aromatic carbocycles. The van der Waals surface area contributed by atoms with Gasteiger partial charge in [0.15, 0.2) is 12.1 Å². The third-order valence-electron chi connectivity index (χ3n) is 5.44. The Morgan fingerprint density at radius 3 is 2.42 bits per heavy atom. The van der Waals surface area contributed by atoms with E-state index in [9.17, 15) is 40.3 Å². The summed E-state index contributed by atoms with van der Waals surface area (Å²) in [5.41, 5.74) is -4.37. The van der Waals surface area contributed by atoms with Crippen molar-refractivity contribution in [1.82, 2.24) is 25.1 Å². The fourth-order valence-corrected chi connectivity index (χ4v) is 3.64. The lowest BCUT2D eigenvalue weighted by atomic mass is 10.1. The molecule has 2 heterocycles. The quantitative estimate of drug-likeness (QED) is 0.144. The van der Waals surface area contributed by atoms with Crippen LogP contribution in [0.1, 0.15) is 41.3 Å². The van der Waals surface area contributed by atoms with E-state index in [1.807, 2.05) is 0 Å². The number of alkyl halides is 6. The molecule has 9 nitrogen and oxygen atoms in total. The summed E-state index contributed by atoms with van der Waals surface area (Å²) in [4.78, 5) is 35.8. The predicted molar refractivity (Wildman–Crippen MR) is 131 cm³/mol. The Bertz CT molecular complexity index is 1410. The standard InChI is InChI=1S/C24H22F7N7O2/c1-12(36-19-8-35-37-23(40)20(19)24(29,30)31)3-15(25)9-38(2)11-34-18-5-16(17(26)4-13(18)10-39)22-32-6-14(7-33-22)21(27)28/h4-8,10-12,15,21H,3,9H2,1-2H3,(H2,36,37,40). The van der Waals surface area contributed by atoms with E-state index in [0.717, 1.165) is 37.1 Å². The number of hydrogen-bond acceptors (Lipinski definition) is 7. The molecule has 0 aliphatic heterocycles. The number of aromatic amines is 1. The van der Waals surface area contributed by atoms with E-state index >= 15 is 0 Å². The summed E-state index contributed by atoms with van der Waals surface area (Å²) in [6, 6.07) is 1.17. The van der Waals surface area contributed by atoms with Crippen LogP contribution in [0, 0.1) is 5.82 Å². The topological polar surface area (TPSA) is 116 Å². The lowest BCUT2D eigenvalue weighted by Gasteiger charge is -2.22. The van der Waals surface area contributed by atoms with Crippen LogP contribution in [0.3, 0.4) is 0 Å². The molecule has 0 aliphatic rings. The van der Waals surface area contributed by atoms with Gasteiger partial charge in [-0.25, -0.2) is 37.6 Å². The Kier molecular flexibility index (Phi) is 9.55. The number of nitrogens with zero attached hydrogens (tertiary/aromatic N) is 5. The third kappa shape index (κ3) is 7.60. The Morgan fingerprint density at radius 1 is 1.15 bits per heavy atom. The van der Waals surface area contributed by atoms with Gasteiger partial charge in [0.05, 0.1) is 35.0 Å². The highest BCUT2D eigenvalue weighted by Gasteiger charge is 2.37. The van der Waals surface area contributed by atoms with Crippen LogP contribution in [0.5, 0.6) is 0 Å². The molecule has 0 amide bonds. The van der Waals surface area contributed by atoms with Crippen molar-refractivity contribution in [2.45, 2.75) is 38.2 Å². The molecule has 0 saturated carbocycles. The minimum atomic E-state index is -4.95. The van der Waals surface area contributed by atoms with Gasteiger partial charge in [-0.2, -0.15) is 18.3 Å². The number of halogens is 7. The zero-order valence-corrected chi connectivity index (χ0v) is 20.9. The molecule has 3 aromatic rings. The van der Waals surface area contributed by atoms with Gasteiger partial charge >= 0.3 is 6.18 Å². The van der Waals surface area contributed by atoms with Crippen molar-refractivity contribution in [2.75, 3.05) is 18.9 Å². The zero-order valence-electron chi connectivity index (χ0n) is 20.9. The maximum absolute atomic E-state index is 14.7. The SMILES string of the molecule is CC(CC(F)CN(C)C=Nc1cc(-c2ncc(C(F)F)cn2)c(F)cc1C=O)Nc1cn[nH]c(=O)c1C(F)(F)F. The smallest absolute Gasteiger partial charge is 0.381 e. The number of aromatic nitrogens is 4. The Hall–Kier alpha value is -4.37. The number of anilines is 1. The van der Waals surface area contributed by atoms with E-state index in [0.29, 0.717) is 6.29 Å². The second kappa shape index (κ2) is 12.7. The highest BCUT2D eigenvalue weighted by molar-refractivity contribution is 5.86. The number of aliphatic imine (C=N–C) groups is 1. The number of hydrogen-bond donors (Lipinski definition) is 2. The van der Waals surface area contributed by atoms with E-state index in [1.165, 1.54) is 18.9 Å². The summed E-state index contributed by atoms with van der Waals surface area (Å²) in [6.45, 7) is 1.16. The van der Waals surface area contributed by atoms with Crippen LogP contribution in [0.4, 0.5) is 42.1 Å². The Morgan fingerprint density at radius 2 is 1.82 bits per heavy atom. The Labute approximate surface area is 222 Å². The molecule has 0 saturated heterocycles. The molecule has 40 heavy (non-hydrogen) atoms. The zero-order chi connectivity index (χ0) is 29.6. The number of carbonyl (C=O) groups excluding carboxylic acids is 1. The predicted octanol–water partition coefficient (Wildman–Crippen LogP) is 4.96. The van der Waals surface area contributed by atoms with Crippen molar-refractivity contribution in [3.8, 4) is 11.4 Å². The van der Waals surface area contributed by atoms with Crippen LogP contribution in [0.2, 0.25) is 0 Å². The Balaban J connectivity index is 1.69. The largest absolute Gasteiger partial charge is 0.423 e. The van der Waals surface area contributed by atoms with Gasteiger partial charge in [-0.05, 0) is 19.1 Å². The van der Waals surface area contributed by atoms with Crippen molar-refractivity contribution >= 4 is 24.0 Å². The average Bonchev–Trinajstić information content (AvgIpc) is 2.86. The van der Waals surface area contributed by atoms with Crippen molar-refractivity contribution in [2.24, 2.45) is 4.99 Å². The molecule has 0 radical (unpaired) electrons.